The third-order valence-corrected chi connectivity index (χ3v) is 4.39. The summed E-state index contributed by atoms with van der Waals surface area (Å²) in [5.41, 5.74) is 0.830. The number of nitrogens with zero attached hydrogens (tertiary/aromatic N) is 1. The molecule has 3 rings (SSSR count). The van der Waals surface area contributed by atoms with E-state index >= 15 is 0 Å². The van der Waals surface area contributed by atoms with Crippen molar-refractivity contribution < 1.29 is 19.1 Å². The van der Waals surface area contributed by atoms with Gasteiger partial charge in [0.2, 0.25) is 5.91 Å². The van der Waals surface area contributed by atoms with E-state index in [1.165, 1.54) is 4.90 Å². The van der Waals surface area contributed by atoms with Gasteiger partial charge in [0.05, 0.1) is 18.2 Å². The van der Waals surface area contributed by atoms with E-state index in [0.717, 1.165) is 11.3 Å². The molecule has 1 aromatic heterocycles. The second-order valence-electron chi connectivity index (χ2n) is 5.90. The number of likely N-dealkylation sites (N-methyl/N-ethyl adjacent to an activating group) is 1. The maximum atomic E-state index is 12.6. The molecule has 6 nitrogen and oxygen atoms in total. The van der Waals surface area contributed by atoms with Crippen molar-refractivity contribution in [3.63, 3.8) is 0 Å². The topological polar surface area (TPSA) is 82.8 Å². The Labute approximate surface area is 140 Å². The monoisotopic (exact) mass is 328 g/mol. The van der Waals surface area contributed by atoms with Crippen molar-refractivity contribution in [3.8, 4) is 0 Å². The van der Waals surface area contributed by atoms with Crippen molar-refractivity contribution in [1.82, 2.24) is 10.2 Å². The predicted octanol–water partition coefficient (Wildman–Crippen LogP) is 1.13. The molecule has 2 amide bonds. The minimum Gasteiger partial charge on any atom is -0.469 e. The number of amides is 2. The third kappa shape index (κ3) is 3.05. The van der Waals surface area contributed by atoms with Gasteiger partial charge in [-0.2, -0.15) is 0 Å². The van der Waals surface area contributed by atoms with Crippen LogP contribution in [0.2, 0.25) is 0 Å². The van der Waals surface area contributed by atoms with E-state index in [0.29, 0.717) is 13.0 Å². The van der Waals surface area contributed by atoms with Crippen LogP contribution in [-0.4, -0.2) is 41.5 Å². The van der Waals surface area contributed by atoms with Crippen molar-refractivity contribution in [2.24, 2.45) is 5.92 Å². The third-order valence-electron chi connectivity index (χ3n) is 4.39. The van der Waals surface area contributed by atoms with Crippen LogP contribution in [0.5, 0.6) is 0 Å². The van der Waals surface area contributed by atoms with Gasteiger partial charge in [0.25, 0.3) is 5.91 Å². The van der Waals surface area contributed by atoms with Gasteiger partial charge in [0.1, 0.15) is 11.9 Å². The highest BCUT2D eigenvalue weighted by atomic mass is 16.3. The fourth-order valence-electron chi connectivity index (χ4n) is 3.16. The molecule has 2 aromatic rings. The summed E-state index contributed by atoms with van der Waals surface area (Å²) in [4.78, 5) is 26.2. The van der Waals surface area contributed by atoms with Crippen LogP contribution >= 0.6 is 0 Å². The van der Waals surface area contributed by atoms with Gasteiger partial charge in [-0.25, -0.2) is 0 Å². The highest BCUT2D eigenvalue weighted by Crippen LogP contribution is 2.37. The number of nitrogens with one attached hydrogen (secondary N) is 1. The zero-order valence-corrected chi connectivity index (χ0v) is 13.4. The van der Waals surface area contributed by atoms with Crippen molar-refractivity contribution >= 4 is 11.8 Å². The van der Waals surface area contributed by atoms with Crippen molar-refractivity contribution in [2.45, 2.75) is 18.6 Å². The summed E-state index contributed by atoms with van der Waals surface area (Å²) in [6.07, 6.45) is 0.807. The van der Waals surface area contributed by atoms with Gasteiger partial charge < -0.3 is 19.7 Å². The smallest absolute Gasteiger partial charge is 0.252 e. The summed E-state index contributed by atoms with van der Waals surface area (Å²) < 4.78 is 5.22. The summed E-state index contributed by atoms with van der Waals surface area (Å²) in [7, 11) is 1.61. The van der Waals surface area contributed by atoms with Crippen molar-refractivity contribution in [1.29, 1.82) is 0 Å². The van der Waals surface area contributed by atoms with Gasteiger partial charge in [0.15, 0.2) is 0 Å². The van der Waals surface area contributed by atoms with Crippen LogP contribution in [0.3, 0.4) is 0 Å². The Kier molecular flexibility index (Phi) is 4.66. The van der Waals surface area contributed by atoms with Crippen LogP contribution in [0.4, 0.5) is 0 Å². The molecular formula is C18H20N2O4. The van der Waals surface area contributed by atoms with Crippen molar-refractivity contribution in [3.05, 3.63) is 60.1 Å². The second kappa shape index (κ2) is 6.88. The zero-order valence-electron chi connectivity index (χ0n) is 13.4. The van der Waals surface area contributed by atoms with Gasteiger partial charge in [-0.3, -0.25) is 9.59 Å². The first-order valence-electron chi connectivity index (χ1n) is 7.89. The van der Waals surface area contributed by atoms with E-state index in [9.17, 15) is 14.7 Å². The SMILES string of the molecule is CN1C(=O)[C@H](O)[C@H](C(=O)NCCc2ccco2)[C@H]1c1ccccc1. The maximum absolute atomic E-state index is 12.6. The molecule has 126 valence electrons. The first kappa shape index (κ1) is 16.3. The molecule has 0 saturated carbocycles. The summed E-state index contributed by atoms with van der Waals surface area (Å²) in [5.74, 6) is -0.827. The number of carbonyl (C=O) groups excluding carboxylic acids is 2. The number of rotatable bonds is 5. The van der Waals surface area contributed by atoms with Crippen LogP contribution < -0.4 is 5.32 Å². The first-order valence-corrected chi connectivity index (χ1v) is 7.89. The predicted molar refractivity (Wildman–Crippen MR) is 86.9 cm³/mol. The molecule has 0 bridgehead atoms. The summed E-state index contributed by atoms with van der Waals surface area (Å²) in [6, 6.07) is 12.4. The molecular weight excluding hydrogens is 308 g/mol. The lowest BCUT2D eigenvalue weighted by atomic mass is 9.91. The largest absolute Gasteiger partial charge is 0.469 e. The zero-order chi connectivity index (χ0) is 17.1. The number of hydrogen-bond acceptors (Lipinski definition) is 4. The first-order chi connectivity index (χ1) is 11.6. The fourth-order valence-corrected chi connectivity index (χ4v) is 3.16. The molecule has 0 radical (unpaired) electrons. The molecule has 24 heavy (non-hydrogen) atoms. The summed E-state index contributed by atoms with van der Waals surface area (Å²) in [6.45, 7) is 0.384. The van der Waals surface area contributed by atoms with Crippen LogP contribution in [0.15, 0.2) is 53.1 Å². The number of hydrogen-bond donors (Lipinski definition) is 2. The number of aliphatic hydroxyl groups is 1. The van der Waals surface area contributed by atoms with E-state index in [2.05, 4.69) is 5.32 Å². The van der Waals surface area contributed by atoms with E-state index in [4.69, 9.17) is 4.42 Å². The summed E-state index contributed by atoms with van der Waals surface area (Å²) in [5, 5.41) is 13.0. The minimum atomic E-state index is -1.33. The Morgan fingerprint density at radius 2 is 2.00 bits per heavy atom. The number of benzene rings is 1. The Morgan fingerprint density at radius 1 is 1.25 bits per heavy atom. The molecule has 2 heterocycles. The standard InChI is InChI=1S/C18H20N2O4/c1-20-15(12-6-3-2-4-7-12)14(16(21)18(20)23)17(22)19-10-9-13-8-5-11-24-13/h2-8,11,14-16,21H,9-10H2,1H3,(H,19,22)/t14-,15-,16-/m1/s1. The van der Waals surface area contributed by atoms with Gasteiger partial charge in [0, 0.05) is 20.0 Å². The van der Waals surface area contributed by atoms with Crippen molar-refractivity contribution in [2.75, 3.05) is 13.6 Å². The Bertz CT molecular complexity index is 699. The maximum Gasteiger partial charge on any atom is 0.252 e. The second-order valence-corrected chi connectivity index (χ2v) is 5.90. The fraction of sp³-hybridized carbons (Fsp3) is 0.333. The molecule has 1 saturated heterocycles. The van der Waals surface area contributed by atoms with E-state index in [1.54, 1.807) is 19.4 Å². The highest BCUT2D eigenvalue weighted by Gasteiger charge is 2.49. The molecule has 0 aliphatic carbocycles. The van der Waals surface area contributed by atoms with Crippen LogP contribution in [0.1, 0.15) is 17.4 Å². The summed E-state index contributed by atoms with van der Waals surface area (Å²) >= 11 is 0. The van der Waals surface area contributed by atoms with Gasteiger partial charge in [-0.1, -0.05) is 30.3 Å². The average Bonchev–Trinajstić information content (AvgIpc) is 3.18. The molecule has 1 aromatic carbocycles. The quantitative estimate of drug-likeness (QED) is 0.862. The highest BCUT2D eigenvalue weighted by molar-refractivity contribution is 5.93. The van der Waals surface area contributed by atoms with E-state index in [1.807, 2.05) is 36.4 Å². The van der Waals surface area contributed by atoms with Gasteiger partial charge in [-0.15, -0.1) is 0 Å². The number of carbonyl (C=O) groups is 2. The molecule has 6 heteroatoms. The molecule has 3 atom stereocenters. The lowest BCUT2D eigenvalue weighted by molar-refractivity contribution is -0.137. The van der Waals surface area contributed by atoms with Gasteiger partial charge in [-0.05, 0) is 17.7 Å². The molecule has 0 spiro atoms. The normalized spacial score (nSPS) is 23.5. The lowest BCUT2D eigenvalue weighted by Gasteiger charge is -2.24. The number of likely N-dealkylation sites (tertiary alicyclic amines) is 1. The van der Waals surface area contributed by atoms with E-state index < -0.39 is 24.0 Å². The van der Waals surface area contributed by atoms with Crippen LogP contribution in [0.25, 0.3) is 0 Å². The average molecular weight is 328 g/mol. The number of aliphatic hydroxyl groups excluding tert-OH is 1. The lowest BCUT2D eigenvalue weighted by Crippen LogP contribution is -2.39. The van der Waals surface area contributed by atoms with Gasteiger partial charge >= 0.3 is 0 Å². The Morgan fingerprint density at radius 3 is 2.67 bits per heavy atom. The Balaban J connectivity index is 1.73. The Hall–Kier alpha value is -2.60. The van der Waals surface area contributed by atoms with Crippen LogP contribution in [-0.2, 0) is 16.0 Å². The molecule has 1 aliphatic heterocycles. The molecule has 1 fully saturated rings. The number of furan rings is 1. The van der Waals surface area contributed by atoms with E-state index in [-0.39, 0.29) is 5.91 Å². The minimum absolute atomic E-state index is 0.333. The molecule has 0 unspecified atom stereocenters. The molecule has 2 N–H and O–H groups in total. The molecule has 1 aliphatic rings. The van der Waals surface area contributed by atoms with Crippen LogP contribution in [0, 0.1) is 5.92 Å².